The lowest BCUT2D eigenvalue weighted by Gasteiger charge is -2.27. The fourth-order valence-corrected chi connectivity index (χ4v) is 3.78. The highest BCUT2D eigenvalue weighted by Gasteiger charge is 2.30. The lowest BCUT2D eigenvalue weighted by molar-refractivity contribution is -0.160. The second-order valence-electron chi connectivity index (χ2n) is 14.5. The number of carbonyl (C=O) groups is 6. The van der Waals surface area contributed by atoms with Crippen molar-refractivity contribution in [3.05, 3.63) is 29.3 Å². The van der Waals surface area contributed by atoms with Gasteiger partial charge in [0.2, 0.25) is 0 Å². The van der Waals surface area contributed by atoms with Gasteiger partial charge in [0.05, 0.1) is 0 Å². The van der Waals surface area contributed by atoms with Gasteiger partial charge in [0.25, 0.3) is 11.8 Å². The zero-order valence-electron chi connectivity index (χ0n) is 28.6. The SMILES string of the molecule is CC(C)(C)OC(=O)CN(CC(=O)OC(C)(C)C)C(=O)c1cc(N)cc(C(=O)N(CC(=O)OC(C)(C)C)CC(=O)OC(C)(C)C)c1. The van der Waals surface area contributed by atoms with Gasteiger partial charge in [-0.05, 0) is 101 Å². The molecule has 1 rings (SSSR count). The molecular weight excluding hydrogens is 586 g/mol. The van der Waals surface area contributed by atoms with Gasteiger partial charge >= 0.3 is 23.9 Å². The normalized spacial score (nSPS) is 12.1. The Morgan fingerprint density at radius 3 is 0.911 bits per heavy atom. The molecule has 0 aromatic heterocycles. The summed E-state index contributed by atoms with van der Waals surface area (Å²) in [4.78, 5) is 79.9. The van der Waals surface area contributed by atoms with E-state index < -0.39 is 84.3 Å². The molecule has 2 N–H and O–H groups in total. The number of hydrogen-bond acceptors (Lipinski definition) is 11. The first kappa shape index (κ1) is 38.9. The van der Waals surface area contributed by atoms with Crippen LogP contribution in [0, 0.1) is 0 Å². The van der Waals surface area contributed by atoms with Crippen molar-refractivity contribution >= 4 is 41.4 Å². The summed E-state index contributed by atoms with van der Waals surface area (Å²) in [5.41, 5.74) is 2.34. The molecule has 0 fully saturated rings. The first-order valence-corrected chi connectivity index (χ1v) is 14.5. The minimum absolute atomic E-state index is 0.00632. The van der Waals surface area contributed by atoms with Crippen molar-refractivity contribution in [3.8, 4) is 0 Å². The lowest BCUT2D eigenvalue weighted by atomic mass is 10.1. The fourth-order valence-electron chi connectivity index (χ4n) is 3.78. The molecular formula is C32H49N3O10. The predicted molar refractivity (Wildman–Crippen MR) is 166 cm³/mol. The second-order valence-corrected chi connectivity index (χ2v) is 14.5. The van der Waals surface area contributed by atoms with Gasteiger partial charge in [0.15, 0.2) is 0 Å². The Morgan fingerprint density at radius 2 is 0.711 bits per heavy atom. The molecule has 0 spiro atoms. The lowest BCUT2D eigenvalue weighted by Crippen LogP contribution is -2.44. The number of amides is 2. The Bertz CT molecular complexity index is 1120. The summed E-state index contributed by atoms with van der Waals surface area (Å²) in [7, 11) is 0. The van der Waals surface area contributed by atoms with Gasteiger partial charge in [0, 0.05) is 16.8 Å². The standard InChI is InChI=1S/C32H49N3O10/c1-29(2,3)42-23(36)16-34(17-24(37)43-30(4,5)6)27(40)20-13-21(15-22(33)14-20)28(41)35(18-25(38)44-31(7,8)9)19-26(39)45-32(10,11)12/h13-15H,16-19,33H2,1-12H3. The van der Waals surface area contributed by atoms with Crippen LogP contribution in [0.4, 0.5) is 5.69 Å². The monoisotopic (exact) mass is 635 g/mol. The van der Waals surface area contributed by atoms with Crippen LogP contribution >= 0.6 is 0 Å². The highest BCUT2D eigenvalue weighted by Crippen LogP contribution is 2.19. The Labute approximate surface area is 265 Å². The average Bonchev–Trinajstić information content (AvgIpc) is 2.76. The molecule has 0 unspecified atom stereocenters. The number of nitrogens with two attached hydrogens (primary N) is 1. The van der Waals surface area contributed by atoms with Crippen LogP contribution < -0.4 is 5.73 Å². The number of anilines is 1. The van der Waals surface area contributed by atoms with Crippen molar-refractivity contribution in [2.75, 3.05) is 31.9 Å². The molecule has 45 heavy (non-hydrogen) atoms. The molecule has 252 valence electrons. The quantitative estimate of drug-likeness (QED) is 0.226. The van der Waals surface area contributed by atoms with E-state index >= 15 is 0 Å². The van der Waals surface area contributed by atoms with Crippen LogP contribution in [0.1, 0.15) is 104 Å². The Kier molecular flexibility index (Phi) is 12.7. The number of hydrogen-bond donors (Lipinski definition) is 1. The van der Waals surface area contributed by atoms with Crippen molar-refractivity contribution in [2.24, 2.45) is 0 Å². The van der Waals surface area contributed by atoms with Crippen LogP contribution in [0.15, 0.2) is 18.2 Å². The summed E-state index contributed by atoms with van der Waals surface area (Å²) in [5.74, 6) is -4.75. The van der Waals surface area contributed by atoms with Gasteiger partial charge in [-0.2, -0.15) is 0 Å². The minimum atomic E-state index is -0.861. The Hall–Kier alpha value is -4.16. The first-order valence-electron chi connectivity index (χ1n) is 14.5. The largest absolute Gasteiger partial charge is 0.459 e. The number of esters is 4. The van der Waals surface area contributed by atoms with Crippen molar-refractivity contribution < 1.29 is 47.7 Å². The van der Waals surface area contributed by atoms with Gasteiger partial charge in [-0.1, -0.05) is 0 Å². The number of nitrogen functional groups attached to an aromatic ring is 1. The fraction of sp³-hybridized carbons (Fsp3) is 0.625. The summed E-state index contributed by atoms with van der Waals surface area (Å²) in [5, 5.41) is 0. The molecule has 0 saturated heterocycles. The molecule has 1 aromatic rings. The molecule has 0 atom stereocenters. The van der Waals surface area contributed by atoms with E-state index in [2.05, 4.69) is 0 Å². The summed E-state index contributed by atoms with van der Waals surface area (Å²) < 4.78 is 21.4. The zero-order chi connectivity index (χ0) is 35.1. The van der Waals surface area contributed by atoms with Crippen LogP contribution in [0.5, 0.6) is 0 Å². The third kappa shape index (κ3) is 15.9. The summed E-state index contributed by atoms with van der Waals surface area (Å²) >= 11 is 0. The van der Waals surface area contributed by atoms with Crippen molar-refractivity contribution in [1.82, 2.24) is 9.80 Å². The smallest absolute Gasteiger partial charge is 0.326 e. The van der Waals surface area contributed by atoms with Gasteiger partial charge < -0.3 is 34.5 Å². The number of nitrogens with zero attached hydrogens (tertiary/aromatic N) is 2. The maximum absolute atomic E-state index is 13.7. The highest BCUT2D eigenvalue weighted by atomic mass is 16.6. The first-order chi connectivity index (χ1) is 20.1. The average molecular weight is 636 g/mol. The molecule has 0 aliphatic rings. The maximum Gasteiger partial charge on any atom is 0.326 e. The van der Waals surface area contributed by atoms with Crippen LogP contribution in [-0.2, 0) is 38.1 Å². The van der Waals surface area contributed by atoms with Crippen LogP contribution in [-0.4, -0.2) is 94.1 Å². The van der Waals surface area contributed by atoms with Gasteiger partial charge in [-0.15, -0.1) is 0 Å². The van der Waals surface area contributed by atoms with E-state index in [4.69, 9.17) is 24.7 Å². The van der Waals surface area contributed by atoms with Crippen LogP contribution in [0.25, 0.3) is 0 Å². The summed E-state index contributed by atoms with van der Waals surface area (Å²) in [6.45, 7) is 17.4. The van der Waals surface area contributed by atoms with E-state index in [0.29, 0.717) is 0 Å². The summed E-state index contributed by atoms with van der Waals surface area (Å²) in [6, 6.07) is 3.72. The maximum atomic E-state index is 13.7. The number of rotatable bonds is 10. The molecule has 0 aliphatic carbocycles. The van der Waals surface area contributed by atoms with Crippen LogP contribution in [0.3, 0.4) is 0 Å². The van der Waals surface area contributed by atoms with E-state index in [0.717, 1.165) is 9.80 Å². The molecule has 13 nitrogen and oxygen atoms in total. The topological polar surface area (TPSA) is 172 Å². The van der Waals surface area contributed by atoms with E-state index in [9.17, 15) is 28.8 Å². The second kappa shape index (κ2) is 14.7. The van der Waals surface area contributed by atoms with Gasteiger partial charge in [-0.25, -0.2) is 0 Å². The molecule has 0 bridgehead atoms. The van der Waals surface area contributed by atoms with Gasteiger partial charge in [-0.3, -0.25) is 28.8 Å². The van der Waals surface area contributed by atoms with Crippen molar-refractivity contribution in [3.63, 3.8) is 0 Å². The Balaban J connectivity index is 3.49. The number of benzene rings is 1. The highest BCUT2D eigenvalue weighted by molar-refractivity contribution is 6.03. The minimum Gasteiger partial charge on any atom is -0.459 e. The van der Waals surface area contributed by atoms with Crippen LogP contribution in [0.2, 0.25) is 0 Å². The van der Waals surface area contributed by atoms with E-state index in [-0.39, 0.29) is 16.8 Å². The number of ether oxygens (including phenoxy) is 4. The third-order valence-electron chi connectivity index (χ3n) is 4.98. The molecule has 1 aromatic carbocycles. The summed E-state index contributed by atoms with van der Waals surface area (Å²) in [6.07, 6.45) is 0. The molecule has 0 aliphatic heterocycles. The van der Waals surface area contributed by atoms with Crippen molar-refractivity contribution in [2.45, 2.75) is 105 Å². The van der Waals surface area contributed by atoms with E-state index in [1.807, 2.05) is 0 Å². The Morgan fingerprint density at radius 1 is 0.489 bits per heavy atom. The molecule has 0 radical (unpaired) electrons. The number of carbonyl (C=O) groups excluding carboxylic acids is 6. The third-order valence-corrected chi connectivity index (χ3v) is 4.98. The van der Waals surface area contributed by atoms with E-state index in [1.54, 1.807) is 83.1 Å². The zero-order valence-corrected chi connectivity index (χ0v) is 28.6. The van der Waals surface area contributed by atoms with Crippen molar-refractivity contribution in [1.29, 1.82) is 0 Å². The van der Waals surface area contributed by atoms with E-state index in [1.165, 1.54) is 18.2 Å². The molecule has 0 saturated carbocycles. The molecule has 2 amide bonds. The predicted octanol–water partition coefficient (Wildman–Crippen LogP) is 3.52. The molecule has 13 heteroatoms. The molecule has 0 heterocycles. The van der Waals surface area contributed by atoms with Gasteiger partial charge in [0.1, 0.15) is 48.6 Å².